The molecule has 0 amide bonds. The van der Waals surface area contributed by atoms with E-state index in [0.29, 0.717) is 18.9 Å². The predicted octanol–water partition coefficient (Wildman–Crippen LogP) is 6.48. The van der Waals surface area contributed by atoms with Gasteiger partial charge in [0.2, 0.25) is 0 Å². The smallest absolute Gasteiger partial charge is 0.335 e. The average Bonchev–Trinajstić information content (AvgIpc) is 2.93. The van der Waals surface area contributed by atoms with Crippen LogP contribution in [0.5, 0.6) is 5.75 Å². The van der Waals surface area contributed by atoms with Gasteiger partial charge < -0.3 is 30.1 Å². The van der Waals surface area contributed by atoms with Crippen molar-refractivity contribution in [1.82, 2.24) is 15.5 Å². The molecule has 1 unspecified atom stereocenters. The van der Waals surface area contributed by atoms with Crippen LogP contribution in [0.4, 0.5) is 0 Å². The summed E-state index contributed by atoms with van der Waals surface area (Å²) in [5, 5.41) is 15.9. The highest BCUT2D eigenvalue weighted by Gasteiger charge is 2.21. The molecule has 1 aromatic carbocycles. The van der Waals surface area contributed by atoms with Gasteiger partial charge in [-0.1, -0.05) is 39.2 Å². The van der Waals surface area contributed by atoms with Crippen molar-refractivity contribution in [2.45, 2.75) is 52.4 Å². The van der Waals surface area contributed by atoms with Crippen LogP contribution in [0.2, 0.25) is 0 Å². The zero-order valence-electron chi connectivity index (χ0n) is 23.6. The van der Waals surface area contributed by atoms with Crippen molar-refractivity contribution in [3.63, 3.8) is 0 Å². The molecular weight excluding hydrogens is 490 g/mol. The van der Waals surface area contributed by atoms with E-state index in [0.717, 1.165) is 73.7 Å². The lowest BCUT2D eigenvalue weighted by Crippen LogP contribution is -2.30. The first-order valence-corrected chi connectivity index (χ1v) is 13.8. The van der Waals surface area contributed by atoms with Crippen LogP contribution in [0.3, 0.4) is 0 Å². The molecule has 210 valence electrons. The van der Waals surface area contributed by atoms with Gasteiger partial charge in [0, 0.05) is 24.4 Å². The second-order valence-corrected chi connectivity index (χ2v) is 9.84. The largest absolute Gasteiger partial charge is 0.499 e. The van der Waals surface area contributed by atoms with Crippen molar-refractivity contribution in [2.75, 3.05) is 26.8 Å². The minimum absolute atomic E-state index is 0.247. The van der Waals surface area contributed by atoms with Gasteiger partial charge in [-0.25, -0.2) is 4.79 Å². The molecule has 3 rings (SSSR count). The Bertz CT molecular complexity index is 1140. The molecule has 0 saturated carbocycles. The summed E-state index contributed by atoms with van der Waals surface area (Å²) in [5.41, 5.74) is 4.78. The molecule has 0 heterocycles. The van der Waals surface area contributed by atoms with E-state index in [2.05, 4.69) is 66.8 Å². The first-order chi connectivity index (χ1) is 18.8. The van der Waals surface area contributed by atoms with Gasteiger partial charge >= 0.3 is 5.97 Å². The number of ether oxygens (including phenoxy) is 2. The van der Waals surface area contributed by atoms with Crippen LogP contribution in [0.1, 0.15) is 62.7 Å². The Labute approximate surface area is 233 Å². The molecule has 0 aliphatic heterocycles. The van der Waals surface area contributed by atoms with Gasteiger partial charge in [0.05, 0.1) is 24.9 Å². The van der Waals surface area contributed by atoms with Crippen molar-refractivity contribution in [3.05, 3.63) is 102 Å². The molecule has 7 nitrogen and oxygen atoms in total. The minimum Gasteiger partial charge on any atom is -0.499 e. The standard InChI is InChI=1S/C32H43N3O4/c1-6-18-35(19-20-39-28-15-13-27(14-16-28)32(36)37)23(3)21-25-12-17-30(31(22-25)38-5)34-24(4)33-29-11-9-8-10-26(29)7-2/h9,11-17,25,33-34H,3-4,6-8,10,18-22H2,1-2,5H3,(H,36,37). The molecule has 1 aromatic rings. The fourth-order valence-electron chi connectivity index (χ4n) is 4.85. The van der Waals surface area contributed by atoms with Gasteiger partial charge in [0.1, 0.15) is 23.9 Å². The number of rotatable bonds is 16. The van der Waals surface area contributed by atoms with Crippen LogP contribution in [0, 0.1) is 5.92 Å². The molecule has 3 N–H and O–H groups in total. The van der Waals surface area contributed by atoms with Gasteiger partial charge in [-0.05, 0) is 80.0 Å². The number of aromatic carboxylic acids is 1. The number of hydrogen-bond donors (Lipinski definition) is 3. The molecule has 0 spiro atoms. The second-order valence-electron chi connectivity index (χ2n) is 9.84. The van der Waals surface area contributed by atoms with E-state index in [1.54, 1.807) is 31.4 Å². The number of carboxylic acids is 1. The number of carboxylic acid groups (broad SMARTS) is 1. The van der Waals surface area contributed by atoms with Crippen molar-refractivity contribution in [2.24, 2.45) is 5.92 Å². The fraction of sp³-hybridized carbons (Fsp3) is 0.406. The van der Waals surface area contributed by atoms with Gasteiger partial charge in [-0.3, -0.25) is 0 Å². The highest BCUT2D eigenvalue weighted by atomic mass is 16.5. The lowest BCUT2D eigenvalue weighted by atomic mass is 9.93. The Morgan fingerprint density at radius 1 is 1.10 bits per heavy atom. The number of hydrogen-bond acceptors (Lipinski definition) is 6. The molecule has 0 fully saturated rings. The first kappa shape index (κ1) is 29.7. The zero-order chi connectivity index (χ0) is 28.2. The number of allylic oxidation sites excluding steroid dienone is 7. The van der Waals surface area contributed by atoms with Crippen LogP contribution in [-0.2, 0) is 4.74 Å². The average molecular weight is 534 g/mol. The lowest BCUT2D eigenvalue weighted by Gasteiger charge is -2.30. The minimum atomic E-state index is -0.945. The topological polar surface area (TPSA) is 83.1 Å². The summed E-state index contributed by atoms with van der Waals surface area (Å²) in [6, 6.07) is 6.49. The van der Waals surface area contributed by atoms with Crippen LogP contribution in [0.15, 0.2) is 96.0 Å². The molecule has 39 heavy (non-hydrogen) atoms. The summed E-state index contributed by atoms with van der Waals surface area (Å²) < 4.78 is 11.6. The lowest BCUT2D eigenvalue weighted by molar-refractivity contribution is 0.0697. The van der Waals surface area contributed by atoms with Crippen molar-refractivity contribution < 1.29 is 19.4 Å². The van der Waals surface area contributed by atoms with E-state index in [9.17, 15) is 4.79 Å². The Morgan fingerprint density at radius 2 is 1.85 bits per heavy atom. The number of benzene rings is 1. The summed E-state index contributed by atoms with van der Waals surface area (Å²) in [6.07, 6.45) is 14.4. The molecule has 7 heteroatoms. The third kappa shape index (κ3) is 8.84. The monoisotopic (exact) mass is 533 g/mol. The van der Waals surface area contributed by atoms with Crippen molar-refractivity contribution in [3.8, 4) is 5.75 Å². The van der Waals surface area contributed by atoms with E-state index in [-0.39, 0.29) is 11.5 Å². The number of nitrogens with one attached hydrogen (secondary N) is 2. The molecule has 0 aromatic heterocycles. The maximum Gasteiger partial charge on any atom is 0.335 e. The predicted molar refractivity (Wildman–Crippen MR) is 157 cm³/mol. The zero-order valence-corrected chi connectivity index (χ0v) is 23.6. The molecule has 0 saturated heterocycles. The van der Waals surface area contributed by atoms with E-state index in [1.165, 1.54) is 5.57 Å². The molecule has 2 aliphatic rings. The third-order valence-electron chi connectivity index (χ3n) is 6.98. The molecule has 1 atom stereocenters. The van der Waals surface area contributed by atoms with Gasteiger partial charge in [0.15, 0.2) is 0 Å². The van der Waals surface area contributed by atoms with E-state index >= 15 is 0 Å². The number of methoxy groups -OCH3 is 1. The summed E-state index contributed by atoms with van der Waals surface area (Å²) in [4.78, 5) is 13.3. The third-order valence-corrected chi connectivity index (χ3v) is 6.98. The van der Waals surface area contributed by atoms with Crippen LogP contribution in [-0.4, -0.2) is 42.8 Å². The Morgan fingerprint density at radius 3 is 2.51 bits per heavy atom. The maximum atomic E-state index is 11.0. The molecule has 0 bridgehead atoms. The van der Waals surface area contributed by atoms with Crippen LogP contribution < -0.4 is 15.4 Å². The van der Waals surface area contributed by atoms with Crippen molar-refractivity contribution in [1.29, 1.82) is 0 Å². The number of carbonyl (C=O) groups is 1. The van der Waals surface area contributed by atoms with E-state index < -0.39 is 5.97 Å². The van der Waals surface area contributed by atoms with Gasteiger partial charge in [-0.15, -0.1) is 0 Å². The first-order valence-electron chi connectivity index (χ1n) is 13.8. The summed E-state index contributed by atoms with van der Waals surface area (Å²) in [6.45, 7) is 15.0. The molecular formula is C32H43N3O4. The SMILES string of the molecule is C=C(NC1=C(CC)CCC=C1)NC1=C(OC)CC(CC(=C)N(CCC)CCOc2ccc(C(=O)O)cc2)C=C1. The molecule has 2 aliphatic carbocycles. The van der Waals surface area contributed by atoms with E-state index in [1.807, 2.05) is 0 Å². The Kier molecular flexibility index (Phi) is 11.3. The summed E-state index contributed by atoms with van der Waals surface area (Å²) >= 11 is 0. The normalized spacial score (nSPS) is 16.6. The fourth-order valence-corrected chi connectivity index (χ4v) is 4.85. The van der Waals surface area contributed by atoms with Gasteiger partial charge in [-0.2, -0.15) is 0 Å². The highest BCUT2D eigenvalue weighted by Crippen LogP contribution is 2.29. The van der Waals surface area contributed by atoms with Crippen LogP contribution >= 0.6 is 0 Å². The molecule has 0 radical (unpaired) electrons. The van der Waals surface area contributed by atoms with Crippen LogP contribution in [0.25, 0.3) is 0 Å². The Hall–Kier alpha value is -3.87. The van der Waals surface area contributed by atoms with Gasteiger partial charge in [0.25, 0.3) is 0 Å². The van der Waals surface area contributed by atoms with E-state index in [4.69, 9.17) is 14.6 Å². The summed E-state index contributed by atoms with van der Waals surface area (Å²) in [5.74, 6) is 1.62. The maximum absolute atomic E-state index is 11.0. The van der Waals surface area contributed by atoms with Crippen molar-refractivity contribution >= 4 is 5.97 Å². The highest BCUT2D eigenvalue weighted by molar-refractivity contribution is 5.87. The quantitative estimate of drug-likeness (QED) is 0.224. The number of nitrogens with zero attached hydrogens (tertiary/aromatic N) is 1. The summed E-state index contributed by atoms with van der Waals surface area (Å²) in [7, 11) is 1.71. The Balaban J connectivity index is 1.52. The second kappa shape index (κ2) is 14.9.